The standard InChI is InChI=1S/C40H36N8O2/c49-39(31-6-1-3-19-41-31)47-21-5-8-35(47)37-43-23-33(45-37)27-13-9-25(10-14-27)26-11-15-28(16-12-26)34-24-44-38(46-34)36-29-17-18-30(22-29)48(36)40(50)32-7-2-4-20-42-32/h1-4,6-7,9-16,19-20,23-24,29-30,35-36H,5,8,17-18,21-22H2,(H,43,45)(H,44,46)/t29-,30-,35-,36+/m0/s1. The van der Waals surface area contributed by atoms with Gasteiger partial charge in [0, 0.05) is 25.0 Å². The van der Waals surface area contributed by atoms with Crippen LogP contribution in [0.1, 0.15) is 76.8 Å². The van der Waals surface area contributed by atoms with E-state index in [1.807, 2.05) is 46.5 Å². The molecule has 6 heterocycles. The van der Waals surface area contributed by atoms with Crippen molar-refractivity contribution in [1.29, 1.82) is 0 Å². The zero-order valence-corrected chi connectivity index (χ0v) is 27.4. The SMILES string of the molecule is O=C(c1ccccn1)N1CCC[C@H]1c1ncc(-c2ccc(-c3ccc(-c4cnc([C@H]5[C@H]6CC[C@@H](C6)N5C(=O)c5ccccn5)[nH]4)cc3)cc2)[nH]1. The number of carbonyl (C=O) groups is 2. The number of imidazole rings is 2. The number of aromatic nitrogens is 6. The number of hydrogen-bond donors (Lipinski definition) is 2. The molecule has 1 aliphatic carbocycles. The third kappa shape index (κ3) is 5.37. The maximum absolute atomic E-state index is 13.5. The molecule has 50 heavy (non-hydrogen) atoms. The molecule has 4 aromatic heterocycles. The molecule has 2 aliphatic heterocycles. The van der Waals surface area contributed by atoms with Gasteiger partial charge in [0.2, 0.25) is 0 Å². The number of benzene rings is 2. The molecule has 0 unspecified atom stereocenters. The average molecular weight is 661 g/mol. The summed E-state index contributed by atoms with van der Waals surface area (Å²) in [4.78, 5) is 55.6. The maximum Gasteiger partial charge on any atom is 0.273 e. The highest BCUT2D eigenvalue weighted by Gasteiger charge is 2.50. The summed E-state index contributed by atoms with van der Waals surface area (Å²) >= 11 is 0. The molecular formula is C40H36N8O2. The molecule has 0 radical (unpaired) electrons. The second-order valence-corrected chi connectivity index (χ2v) is 13.5. The first-order valence-electron chi connectivity index (χ1n) is 17.4. The second kappa shape index (κ2) is 12.5. The molecule has 10 heteroatoms. The van der Waals surface area contributed by atoms with E-state index in [2.05, 4.69) is 73.5 Å². The van der Waals surface area contributed by atoms with E-state index in [0.29, 0.717) is 23.9 Å². The van der Waals surface area contributed by atoms with Gasteiger partial charge in [0.15, 0.2) is 0 Å². The fourth-order valence-corrected chi connectivity index (χ4v) is 8.16. The Morgan fingerprint density at radius 2 is 1.20 bits per heavy atom. The van der Waals surface area contributed by atoms with Crippen molar-refractivity contribution >= 4 is 11.8 Å². The average Bonchev–Trinajstić information content (AvgIpc) is 4.03. The van der Waals surface area contributed by atoms with Crippen LogP contribution in [0.4, 0.5) is 0 Å². The molecule has 10 nitrogen and oxygen atoms in total. The molecule has 1 saturated carbocycles. The first-order chi connectivity index (χ1) is 24.6. The number of likely N-dealkylation sites (tertiary alicyclic amines) is 2. The fourth-order valence-electron chi connectivity index (χ4n) is 8.16. The van der Waals surface area contributed by atoms with Crippen LogP contribution in [-0.4, -0.2) is 64.1 Å². The summed E-state index contributed by atoms with van der Waals surface area (Å²) in [5.74, 6) is 1.98. The molecular weight excluding hydrogens is 624 g/mol. The number of piperidine rings is 1. The van der Waals surface area contributed by atoms with Crippen molar-refractivity contribution < 1.29 is 9.59 Å². The number of nitrogens with one attached hydrogen (secondary N) is 2. The van der Waals surface area contributed by atoms with Gasteiger partial charge in [-0.05, 0) is 84.5 Å². The molecule has 2 saturated heterocycles. The Morgan fingerprint density at radius 1 is 0.620 bits per heavy atom. The van der Waals surface area contributed by atoms with E-state index < -0.39 is 0 Å². The number of hydrogen-bond acceptors (Lipinski definition) is 6. The van der Waals surface area contributed by atoms with Crippen molar-refractivity contribution in [2.24, 2.45) is 5.92 Å². The van der Waals surface area contributed by atoms with E-state index >= 15 is 0 Å². The van der Waals surface area contributed by atoms with Gasteiger partial charge in [-0.25, -0.2) is 9.97 Å². The molecule has 2 bridgehead atoms. The van der Waals surface area contributed by atoms with E-state index in [-0.39, 0.29) is 29.9 Å². The fraction of sp³-hybridized carbons (Fsp3) is 0.250. The Labute approximate surface area is 289 Å². The van der Waals surface area contributed by atoms with E-state index in [9.17, 15) is 9.59 Å². The van der Waals surface area contributed by atoms with Crippen LogP contribution in [0.3, 0.4) is 0 Å². The van der Waals surface area contributed by atoms with Gasteiger partial charge in [0.1, 0.15) is 23.0 Å². The maximum atomic E-state index is 13.5. The van der Waals surface area contributed by atoms with Crippen LogP contribution in [0, 0.1) is 5.92 Å². The van der Waals surface area contributed by atoms with Crippen molar-refractivity contribution in [3.8, 4) is 33.6 Å². The first-order valence-corrected chi connectivity index (χ1v) is 17.4. The largest absolute Gasteiger partial charge is 0.340 e. The summed E-state index contributed by atoms with van der Waals surface area (Å²) in [5.41, 5.74) is 7.10. The third-order valence-corrected chi connectivity index (χ3v) is 10.6. The monoisotopic (exact) mass is 660 g/mol. The third-order valence-electron chi connectivity index (χ3n) is 10.6. The minimum atomic E-state index is -0.0942. The highest BCUT2D eigenvalue weighted by Crippen LogP contribution is 2.50. The smallest absolute Gasteiger partial charge is 0.273 e. The van der Waals surface area contributed by atoms with Gasteiger partial charge in [-0.15, -0.1) is 0 Å². The Morgan fingerprint density at radius 3 is 1.82 bits per heavy atom. The zero-order valence-electron chi connectivity index (χ0n) is 27.4. The number of carbonyl (C=O) groups excluding carboxylic acids is 2. The number of nitrogens with zero attached hydrogens (tertiary/aromatic N) is 6. The normalized spacial score (nSPS) is 21.2. The highest BCUT2D eigenvalue weighted by atomic mass is 16.2. The van der Waals surface area contributed by atoms with Crippen LogP contribution < -0.4 is 0 Å². The molecule has 2 N–H and O–H groups in total. The topological polar surface area (TPSA) is 124 Å². The molecule has 0 spiro atoms. The van der Waals surface area contributed by atoms with Gasteiger partial charge in [-0.2, -0.15) is 0 Å². The van der Waals surface area contributed by atoms with Crippen molar-refractivity contribution in [3.63, 3.8) is 0 Å². The van der Waals surface area contributed by atoms with E-state index in [4.69, 9.17) is 4.98 Å². The lowest BCUT2D eigenvalue weighted by Crippen LogP contribution is -2.40. The molecule has 3 fully saturated rings. The molecule has 6 aromatic rings. The van der Waals surface area contributed by atoms with Gasteiger partial charge in [-0.1, -0.05) is 60.7 Å². The van der Waals surface area contributed by atoms with Crippen LogP contribution in [0.5, 0.6) is 0 Å². The summed E-state index contributed by atoms with van der Waals surface area (Å²) in [6.45, 7) is 0.693. The summed E-state index contributed by atoms with van der Waals surface area (Å²) in [7, 11) is 0. The number of pyridine rings is 2. The van der Waals surface area contributed by atoms with Crippen molar-refractivity contribution in [3.05, 3.63) is 133 Å². The summed E-state index contributed by atoms with van der Waals surface area (Å²) in [6.07, 6.45) is 12.0. The predicted molar refractivity (Wildman–Crippen MR) is 189 cm³/mol. The van der Waals surface area contributed by atoms with Crippen LogP contribution >= 0.6 is 0 Å². The molecule has 2 aromatic carbocycles. The van der Waals surface area contributed by atoms with E-state index in [0.717, 1.165) is 77.4 Å². The minimum absolute atomic E-state index is 0.0161. The van der Waals surface area contributed by atoms with Crippen LogP contribution in [0.15, 0.2) is 110 Å². The Bertz CT molecular complexity index is 2140. The Hall–Kier alpha value is -5.90. The Kier molecular flexibility index (Phi) is 7.56. The van der Waals surface area contributed by atoms with Gasteiger partial charge >= 0.3 is 0 Å². The molecule has 4 atom stereocenters. The van der Waals surface area contributed by atoms with Crippen molar-refractivity contribution in [1.82, 2.24) is 39.7 Å². The van der Waals surface area contributed by atoms with Crippen molar-refractivity contribution in [2.45, 2.75) is 50.2 Å². The number of fused-ring (bicyclic) bond motifs is 2. The van der Waals surface area contributed by atoms with E-state index in [1.165, 1.54) is 0 Å². The summed E-state index contributed by atoms with van der Waals surface area (Å²) < 4.78 is 0. The number of amides is 2. The van der Waals surface area contributed by atoms with Crippen LogP contribution in [-0.2, 0) is 0 Å². The lowest BCUT2D eigenvalue weighted by Gasteiger charge is -2.34. The predicted octanol–water partition coefficient (Wildman–Crippen LogP) is 7.27. The molecule has 2 amide bonds. The van der Waals surface area contributed by atoms with E-state index in [1.54, 1.807) is 24.5 Å². The second-order valence-electron chi connectivity index (χ2n) is 13.5. The molecule has 3 aliphatic rings. The number of H-pyrrole nitrogens is 2. The van der Waals surface area contributed by atoms with Crippen LogP contribution in [0.25, 0.3) is 33.6 Å². The molecule has 9 rings (SSSR count). The first kappa shape index (κ1) is 30.2. The Balaban J connectivity index is 0.887. The summed E-state index contributed by atoms with van der Waals surface area (Å²) in [6, 6.07) is 27.9. The number of rotatable bonds is 7. The highest BCUT2D eigenvalue weighted by molar-refractivity contribution is 5.93. The number of aromatic amines is 2. The van der Waals surface area contributed by atoms with Crippen molar-refractivity contribution in [2.75, 3.05) is 6.54 Å². The zero-order chi connectivity index (χ0) is 33.6. The lowest BCUT2D eigenvalue weighted by atomic mass is 9.97. The van der Waals surface area contributed by atoms with Gasteiger partial charge in [-0.3, -0.25) is 19.6 Å². The van der Waals surface area contributed by atoms with Gasteiger partial charge in [0.05, 0.1) is 35.9 Å². The minimum Gasteiger partial charge on any atom is -0.340 e. The summed E-state index contributed by atoms with van der Waals surface area (Å²) in [5, 5.41) is 0. The van der Waals surface area contributed by atoms with Crippen LogP contribution in [0.2, 0.25) is 0 Å². The van der Waals surface area contributed by atoms with Gasteiger partial charge in [0.25, 0.3) is 11.8 Å². The lowest BCUT2D eigenvalue weighted by molar-refractivity contribution is 0.0573. The molecule has 248 valence electrons. The van der Waals surface area contributed by atoms with Gasteiger partial charge < -0.3 is 19.8 Å². The quantitative estimate of drug-likeness (QED) is 0.186.